The zero-order valence-electron chi connectivity index (χ0n) is 68.2. The molecule has 18 nitrogen and oxygen atoms in total. The van der Waals surface area contributed by atoms with Crippen LogP contribution >= 0.6 is 47.8 Å². The summed E-state index contributed by atoms with van der Waals surface area (Å²) in [6.45, 7) is 30.1. The van der Waals surface area contributed by atoms with Gasteiger partial charge < -0.3 is 43.1 Å². The van der Waals surface area contributed by atoms with E-state index in [1.165, 1.54) is 10.9 Å². The molecule has 0 bridgehead atoms. The summed E-state index contributed by atoms with van der Waals surface area (Å²) in [6, 6.07) is 64.8. The van der Waals surface area contributed by atoms with E-state index in [2.05, 4.69) is 146 Å². The third kappa shape index (κ3) is 18.1. The summed E-state index contributed by atoms with van der Waals surface area (Å²) in [7, 11) is 1.35. The minimum atomic E-state index is -1.37. The number of carbonyl (C=O) groups is 5. The van der Waals surface area contributed by atoms with Crippen LogP contribution in [0.5, 0.6) is 0 Å². The molecule has 8 aliphatic rings. The van der Waals surface area contributed by atoms with Crippen LogP contribution in [0.25, 0.3) is 11.1 Å². The summed E-state index contributed by atoms with van der Waals surface area (Å²) in [4.78, 5) is 70.9. The Balaban J connectivity index is 0.000000125. The van der Waals surface area contributed by atoms with Gasteiger partial charge in [-0.15, -0.1) is 6.58 Å². The molecular weight excluding hydrogens is 1680 g/mol. The Morgan fingerprint density at radius 2 is 0.862 bits per heavy atom. The number of hydrogen-bond acceptors (Lipinski definition) is 12. The van der Waals surface area contributed by atoms with Gasteiger partial charge in [0.1, 0.15) is 0 Å². The van der Waals surface area contributed by atoms with Crippen LogP contribution in [0, 0.1) is 0 Å². The number of ketones is 1. The fraction of sp³-hybridized carbons (Fsp3) is 0.337. The van der Waals surface area contributed by atoms with Gasteiger partial charge in [0, 0.05) is 102 Å². The topological polar surface area (TPSA) is 180 Å². The fourth-order valence-electron chi connectivity index (χ4n) is 15.8. The van der Waals surface area contributed by atoms with Crippen molar-refractivity contribution in [3.8, 4) is 11.1 Å². The van der Waals surface area contributed by atoms with Gasteiger partial charge in [-0.2, -0.15) is 10.2 Å². The maximum atomic E-state index is 13.5. The lowest BCUT2D eigenvalue weighted by molar-refractivity contribution is -0.138. The Bertz CT molecular complexity index is 5210. The molecule has 8 aromatic carbocycles. The summed E-state index contributed by atoms with van der Waals surface area (Å²) >= 11 is 10.3. The van der Waals surface area contributed by atoms with Crippen molar-refractivity contribution in [1.29, 1.82) is 0 Å². The number of rotatable bonds is 13. The maximum Gasteiger partial charge on any atom is 0.498 e. The van der Waals surface area contributed by atoms with Crippen LogP contribution in [-0.2, 0) is 99.8 Å². The van der Waals surface area contributed by atoms with Crippen LogP contribution in [-0.4, -0.2) is 103 Å². The molecule has 4 fully saturated rings. The number of aryl methyl sites for hydroxylation is 2. The predicted octanol–water partition coefficient (Wildman–Crippen LogP) is 19.4. The first kappa shape index (κ1) is 85.1. The van der Waals surface area contributed by atoms with E-state index in [9.17, 15) is 24.0 Å². The van der Waals surface area contributed by atoms with Gasteiger partial charge in [0.15, 0.2) is 16.8 Å². The first-order valence-electron chi connectivity index (χ1n) is 39.6. The van der Waals surface area contributed by atoms with Crippen LogP contribution in [0.4, 0.5) is 22.7 Å². The number of halogens is 3. The van der Waals surface area contributed by atoms with Crippen molar-refractivity contribution >= 4 is 129 Å². The largest absolute Gasteiger partial charge is 0.498 e. The number of amides is 4. The number of Topliss-reactive ketones (excluding diaryl/α,β-unsaturated/α-hetero) is 1. The van der Waals surface area contributed by atoms with Gasteiger partial charge in [-0.3, -0.25) is 33.3 Å². The molecule has 10 aromatic rings. The Labute approximate surface area is 709 Å². The van der Waals surface area contributed by atoms with Gasteiger partial charge in [0.25, 0.3) is 29.4 Å². The van der Waals surface area contributed by atoms with E-state index in [0.29, 0.717) is 62.8 Å². The van der Waals surface area contributed by atoms with Gasteiger partial charge in [0.05, 0.1) is 80.0 Å². The molecule has 4 saturated heterocycles. The highest BCUT2D eigenvalue weighted by atomic mass is 79.9. The Morgan fingerprint density at radius 3 is 1.23 bits per heavy atom. The highest BCUT2D eigenvalue weighted by molar-refractivity contribution is 9.11. The number of ether oxygens (including phenoxy) is 3. The van der Waals surface area contributed by atoms with Crippen molar-refractivity contribution in [2.75, 3.05) is 39.4 Å². The van der Waals surface area contributed by atoms with Gasteiger partial charge in [-0.05, 0) is 166 Å². The van der Waals surface area contributed by atoms with Crippen molar-refractivity contribution in [2.45, 2.75) is 165 Å². The number of aromatic nitrogens is 4. The van der Waals surface area contributed by atoms with Gasteiger partial charge >= 0.3 is 7.12 Å². The van der Waals surface area contributed by atoms with E-state index >= 15 is 0 Å². The van der Waals surface area contributed by atoms with E-state index in [0.717, 1.165) is 118 Å². The second-order valence-corrected chi connectivity index (χ2v) is 47.8. The number of anilines is 4. The fourth-order valence-corrected chi connectivity index (χ4v) is 19.0. The minimum absolute atomic E-state index is 0.0672. The summed E-state index contributed by atoms with van der Waals surface area (Å²) in [5.41, 5.74) is 12.4. The number of benzene rings is 8. The molecule has 3 spiro atoms. The van der Waals surface area contributed by atoms with E-state index in [1.54, 1.807) is 33.8 Å². The van der Waals surface area contributed by atoms with Crippen molar-refractivity contribution in [2.24, 2.45) is 14.1 Å². The predicted molar refractivity (Wildman–Crippen MR) is 476 cm³/mol. The molecule has 0 aliphatic carbocycles. The van der Waals surface area contributed by atoms with Crippen LogP contribution in [0.3, 0.4) is 0 Å². The first-order valence-corrected chi connectivity index (χ1v) is 49.3. The molecule has 4 unspecified atom stereocenters. The second kappa shape index (κ2) is 35.0. The van der Waals surface area contributed by atoms with Crippen molar-refractivity contribution in [3.05, 3.63) is 289 Å². The molecule has 4 atom stereocenters. The number of hydrogen-bond donors (Lipinski definition) is 0. The average molecular weight is 1790 g/mol. The average Bonchev–Trinajstić information content (AvgIpc) is 1.58. The molecule has 0 saturated carbocycles. The Hall–Kier alpha value is -8.79. The second-order valence-electron chi connectivity index (χ2n) is 34.0. The van der Waals surface area contributed by atoms with Crippen LogP contribution in [0.15, 0.2) is 245 Å². The zero-order chi connectivity index (χ0) is 82.7. The molecule has 4 amide bonds. The van der Waals surface area contributed by atoms with E-state index < -0.39 is 44.6 Å². The van der Waals surface area contributed by atoms with Gasteiger partial charge in [-0.1, -0.05) is 221 Å². The quantitative estimate of drug-likeness (QED) is 0.0606. The number of carbonyl (C=O) groups excluding carboxylic acids is 5. The molecule has 602 valence electrons. The van der Waals surface area contributed by atoms with E-state index in [4.69, 9.17) is 23.5 Å². The molecular formula is C92H102BBr3N8O10Si2. The highest BCUT2D eigenvalue weighted by Crippen LogP contribution is 2.55. The van der Waals surface area contributed by atoms with Crippen molar-refractivity contribution < 1.29 is 47.5 Å². The number of nitrogens with zero attached hydrogens (tertiary/aromatic N) is 8. The molecule has 2 aromatic heterocycles. The van der Waals surface area contributed by atoms with E-state index in [1.807, 2.05) is 215 Å². The Morgan fingerprint density at radius 1 is 0.474 bits per heavy atom. The SMILES string of the molecule is C=CC[Si](C)(C)C.C[Si](C)(C)C1COC2(C1)C(=O)N(Cc1ccc(Br)cc1)c1ccccc12.Cn1cc(-c2ccc(CN3C(=O)C4(CCCO4)c4ccccc43)cc2)cn1.Cn1cc(B2OC(C)(C)C(C)(C)O2)cn1.O=C1C(=O)N(Cc2ccc(Br)cc2)c2ccccc21.O=C1N(Cc2ccc(Br)cc2)c2ccccc2C12CCCO2. The zero-order valence-corrected chi connectivity index (χ0v) is 75.0. The molecule has 0 N–H and O–H groups in total. The van der Waals surface area contributed by atoms with Crippen LogP contribution < -0.4 is 25.1 Å². The lowest BCUT2D eigenvalue weighted by atomic mass is 9.82. The number of para-hydroxylation sites is 4. The van der Waals surface area contributed by atoms with Crippen LogP contribution in [0.1, 0.15) is 109 Å². The summed E-state index contributed by atoms with van der Waals surface area (Å²) in [5.74, 6) is -0.633. The smallest absolute Gasteiger partial charge is 0.399 e. The van der Waals surface area contributed by atoms with Crippen molar-refractivity contribution in [1.82, 2.24) is 19.6 Å². The highest BCUT2D eigenvalue weighted by Gasteiger charge is 2.59. The maximum absolute atomic E-state index is 13.5. The summed E-state index contributed by atoms with van der Waals surface area (Å²) < 4.78 is 36.6. The van der Waals surface area contributed by atoms with E-state index in [-0.39, 0.29) is 36.0 Å². The van der Waals surface area contributed by atoms with Crippen molar-refractivity contribution in [3.63, 3.8) is 0 Å². The third-order valence-corrected chi connectivity index (χ3v) is 28.9. The molecule has 18 rings (SSSR count). The Kier molecular flexibility index (Phi) is 25.7. The lowest BCUT2D eigenvalue weighted by Crippen LogP contribution is -2.41. The monoisotopic (exact) mass is 1780 g/mol. The molecule has 0 radical (unpaired) electrons. The minimum Gasteiger partial charge on any atom is -0.399 e. The van der Waals surface area contributed by atoms with Crippen LogP contribution in [0.2, 0.25) is 50.9 Å². The standard InChI is InChI=1S/C22H21N3O2.C21H24BrNO2Si.C18H16BrNO2.C15H10BrNO2.C10H17BN2O2.C6H14Si/c1-24-15-18(13-23-24)17-9-7-16(8-10-17)14-25-20-6-3-2-5-19(20)22(21(25)26)11-4-12-27-22;1-26(2,3)17-12-21(25-14-17)18-6-4-5-7-19(18)23(20(21)24)13-15-8-10-16(22)11-9-15;19-14-8-6-13(7-9-14)12-20-16-5-2-1-4-15(16)18(17(20)21)10-3-11-22-18;16-11-7-5-10(6-8-11)9-17-13-4-2-1-3-12(13)14(18)15(17)19;1-9(2)10(3,4)15-11(14-9)8-6-12-13(5)7-8;1-5-6-7(2,3)4/h2-3,5-10,13,15H,4,11-12,14H2,1H3;4-11,17H,12-14H2,1-3H3;1-2,4-9H,3,10-12H2;1-8H,9H2;6-7H,1-5H3;5H,1,6H2,2-4H3. The molecule has 10 heterocycles. The summed E-state index contributed by atoms with van der Waals surface area (Å²) in [6.07, 6.45) is 13.8. The first-order chi connectivity index (χ1) is 55.2. The van der Waals surface area contributed by atoms with Gasteiger partial charge in [0.2, 0.25) is 0 Å². The lowest BCUT2D eigenvalue weighted by Gasteiger charge is -2.32. The third-order valence-electron chi connectivity index (χ3n) is 23.0. The molecule has 116 heavy (non-hydrogen) atoms. The normalized spacial score (nSPS) is 21.0. The van der Waals surface area contributed by atoms with Gasteiger partial charge in [-0.25, -0.2) is 0 Å². The molecule has 8 aliphatic heterocycles. The summed E-state index contributed by atoms with van der Waals surface area (Å²) in [5, 5.41) is 8.34. The molecule has 24 heteroatoms. The number of allylic oxidation sites excluding steroid dienone is 1. The number of fused-ring (bicyclic) bond motifs is 7.